The lowest BCUT2D eigenvalue weighted by molar-refractivity contribution is -0.00000805. The van der Waals surface area contributed by atoms with E-state index in [1.807, 2.05) is 33.9 Å². The third kappa shape index (κ3) is 4.42. The van der Waals surface area contributed by atoms with Crippen molar-refractivity contribution in [1.29, 1.82) is 5.26 Å². The zero-order valence-electron chi connectivity index (χ0n) is 18.6. The number of fused-ring (bicyclic) bond motifs is 1. The first-order valence-electron chi connectivity index (χ1n) is 9.93. The van der Waals surface area contributed by atoms with Crippen molar-refractivity contribution in [3.05, 3.63) is 31.0 Å². The number of nitrogens with zero attached hydrogens (tertiary/aromatic N) is 6. The molecule has 0 amide bonds. The molecule has 0 spiro atoms. The van der Waals surface area contributed by atoms with Gasteiger partial charge in [0.15, 0.2) is 0 Å². The molecule has 30 heavy (non-hydrogen) atoms. The Morgan fingerprint density at radius 2 is 2.13 bits per heavy atom. The highest BCUT2D eigenvalue weighted by Gasteiger charge is 2.39. The number of halogens is 1. The van der Waals surface area contributed by atoms with Gasteiger partial charge in [0.05, 0.1) is 24.4 Å². The zero-order valence-corrected chi connectivity index (χ0v) is 19.4. The molecule has 0 aromatic carbocycles. The van der Waals surface area contributed by atoms with Gasteiger partial charge < -0.3 is 27.0 Å². The van der Waals surface area contributed by atoms with E-state index < -0.39 is 8.07 Å². The Balaban J connectivity index is 0.00000171. The second-order valence-corrected chi connectivity index (χ2v) is 14.6. The standard InChI is InChI=1S/C20H27N7OSi.ClH/c1-29(2,3)9-8-28-15-26-7-4-17-18(23-14-24-19(17)26)16-10-25-27(11-16)20(5-6-21)12-22-13-20;/h4,7,10-11,14,22H,5,8-9,12-13,15H2,1-3H3;1H. The van der Waals surface area contributed by atoms with Crippen LogP contribution in [-0.4, -0.2) is 52.1 Å². The molecule has 1 aliphatic rings. The lowest BCUT2D eigenvalue weighted by Crippen LogP contribution is -3.00. The molecule has 0 radical (unpaired) electrons. The van der Waals surface area contributed by atoms with Crippen LogP contribution in [0.15, 0.2) is 31.0 Å². The summed E-state index contributed by atoms with van der Waals surface area (Å²) in [6.07, 6.45) is 7.83. The Morgan fingerprint density at radius 3 is 2.80 bits per heavy atom. The van der Waals surface area contributed by atoms with Gasteiger partial charge in [-0.2, -0.15) is 10.4 Å². The van der Waals surface area contributed by atoms with E-state index >= 15 is 0 Å². The van der Waals surface area contributed by atoms with Crippen LogP contribution in [0.1, 0.15) is 7.85 Å². The molecule has 4 rings (SSSR count). The van der Waals surface area contributed by atoms with Crippen LogP contribution in [0.5, 0.6) is 0 Å². The molecule has 0 aliphatic carbocycles. The van der Waals surface area contributed by atoms with Gasteiger partial charge in [-0.05, 0) is 12.1 Å². The molecule has 1 aliphatic heterocycles. The van der Waals surface area contributed by atoms with Gasteiger partial charge in [-0.25, -0.2) is 9.97 Å². The van der Waals surface area contributed by atoms with E-state index in [2.05, 4.69) is 46.1 Å². The van der Waals surface area contributed by atoms with E-state index in [4.69, 9.17) is 4.74 Å². The molecule has 3 aromatic heterocycles. The number of rotatable bonds is 8. The Labute approximate surface area is 185 Å². The summed E-state index contributed by atoms with van der Waals surface area (Å²) in [5.41, 5.74) is 2.38. The van der Waals surface area contributed by atoms with Gasteiger partial charge in [0.25, 0.3) is 0 Å². The van der Waals surface area contributed by atoms with Gasteiger partial charge in [-0.15, -0.1) is 0 Å². The van der Waals surface area contributed by atoms with E-state index in [1.54, 1.807) is 6.33 Å². The average molecular weight is 446 g/mol. The Hall–Kier alpha value is -2.25. The highest BCUT2D eigenvalue weighted by Crippen LogP contribution is 2.30. The van der Waals surface area contributed by atoms with E-state index in [-0.39, 0.29) is 19.4 Å². The van der Waals surface area contributed by atoms with Gasteiger partial charge >= 0.3 is 1.43 Å². The number of nitriles is 1. The monoisotopic (exact) mass is 445 g/mol. The molecule has 3 aromatic rings. The summed E-state index contributed by atoms with van der Waals surface area (Å²) in [6.45, 7) is 9.82. The number of hydrogen-bond donors (Lipinski definition) is 1. The molecular weight excluding hydrogens is 418 g/mol. The number of hydrogen-bond acceptors (Lipinski definition) is 6. The number of ether oxygens (including phenoxy) is 1. The molecule has 0 atom stereocenters. The predicted molar refractivity (Wildman–Crippen MR) is 115 cm³/mol. The van der Waals surface area contributed by atoms with Crippen molar-refractivity contribution >= 4 is 19.1 Å². The zero-order chi connectivity index (χ0) is 20.5. The molecule has 1 fully saturated rings. The van der Waals surface area contributed by atoms with Crippen molar-refractivity contribution in [1.82, 2.24) is 29.6 Å². The van der Waals surface area contributed by atoms with Crippen LogP contribution in [0.25, 0.3) is 22.3 Å². The first-order valence-corrected chi connectivity index (χ1v) is 13.6. The van der Waals surface area contributed by atoms with Crippen LogP contribution in [0, 0.1) is 11.3 Å². The van der Waals surface area contributed by atoms with Crippen molar-refractivity contribution < 1.29 is 18.6 Å². The van der Waals surface area contributed by atoms with E-state index in [0.29, 0.717) is 13.2 Å². The van der Waals surface area contributed by atoms with Crippen molar-refractivity contribution in [2.45, 2.75) is 44.4 Å². The molecule has 0 saturated carbocycles. The minimum Gasteiger partial charge on any atom is -1.00 e. The summed E-state index contributed by atoms with van der Waals surface area (Å²) in [7, 11) is -1.10. The highest BCUT2D eigenvalue weighted by molar-refractivity contribution is 6.76. The quantitative estimate of drug-likeness (QED) is 0.385. The topological polar surface area (TPSA) is 93.6 Å². The first kappa shape index (κ1) is 22.4. The number of nitrogens with one attached hydrogen (secondary N) is 1. The Kier molecular flexibility index (Phi) is 6.62. The van der Waals surface area contributed by atoms with Gasteiger partial charge in [0.1, 0.15) is 24.2 Å². The molecule has 160 valence electrons. The second kappa shape index (κ2) is 8.86. The van der Waals surface area contributed by atoms with Crippen LogP contribution in [0.2, 0.25) is 25.7 Å². The predicted octanol–water partition coefficient (Wildman–Crippen LogP) is -0.0642. The maximum Gasteiger partial charge on any atom is 1.00 e. The molecule has 0 unspecified atom stereocenters. The molecule has 1 saturated heterocycles. The van der Waals surface area contributed by atoms with E-state index in [9.17, 15) is 5.26 Å². The van der Waals surface area contributed by atoms with Gasteiger partial charge in [0, 0.05) is 51.1 Å². The highest BCUT2D eigenvalue weighted by atomic mass is 35.5. The maximum absolute atomic E-state index is 9.18. The van der Waals surface area contributed by atoms with Crippen LogP contribution in [-0.2, 0) is 17.0 Å². The Bertz CT molecular complexity index is 1050. The smallest absolute Gasteiger partial charge is 1.00 e. The molecule has 1 N–H and O–H groups in total. The van der Waals surface area contributed by atoms with Crippen molar-refractivity contribution in [2.75, 3.05) is 19.7 Å². The minimum atomic E-state index is -1.10. The molecule has 8 nitrogen and oxygen atoms in total. The van der Waals surface area contributed by atoms with E-state index in [0.717, 1.165) is 48.0 Å². The maximum atomic E-state index is 9.18. The molecular formula is C20H28ClN7OSi. The number of aromatic nitrogens is 5. The largest absolute Gasteiger partial charge is 1.00 e. The normalized spacial score (nSPS) is 15.4. The molecule has 0 bridgehead atoms. The SMILES string of the molecule is C[Si](C)(C)CCOCn1ccc2c(-c3cnn(C4(CC#N)CNC4)c3)ncnc21.[Cl-].[H+]. The van der Waals surface area contributed by atoms with Gasteiger partial charge in [-0.1, -0.05) is 19.6 Å². The second-order valence-electron chi connectivity index (χ2n) is 8.93. The van der Waals surface area contributed by atoms with Gasteiger partial charge in [0.2, 0.25) is 0 Å². The summed E-state index contributed by atoms with van der Waals surface area (Å²) in [5, 5.41) is 17.9. The summed E-state index contributed by atoms with van der Waals surface area (Å²) < 4.78 is 9.81. The summed E-state index contributed by atoms with van der Waals surface area (Å²) >= 11 is 0. The average Bonchev–Trinajstić information content (AvgIpc) is 3.28. The minimum absolute atomic E-state index is 0. The fourth-order valence-corrected chi connectivity index (χ4v) is 4.27. The van der Waals surface area contributed by atoms with E-state index in [1.165, 1.54) is 0 Å². The molecule has 10 heteroatoms. The first-order chi connectivity index (χ1) is 13.9. The lowest BCUT2D eigenvalue weighted by Gasteiger charge is -2.41. The van der Waals surface area contributed by atoms with Crippen molar-refractivity contribution in [3.8, 4) is 17.3 Å². The molecule has 4 heterocycles. The van der Waals surface area contributed by atoms with Crippen LogP contribution in [0.3, 0.4) is 0 Å². The summed E-state index contributed by atoms with van der Waals surface area (Å²) in [5.74, 6) is 0. The third-order valence-electron chi connectivity index (χ3n) is 5.44. The lowest BCUT2D eigenvalue weighted by atomic mass is 9.89. The third-order valence-corrected chi connectivity index (χ3v) is 7.15. The van der Waals surface area contributed by atoms with Crippen LogP contribution in [0.4, 0.5) is 0 Å². The van der Waals surface area contributed by atoms with Crippen LogP contribution >= 0.6 is 0 Å². The summed E-state index contributed by atoms with van der Waals surface area (Å²) in [6, 6.07) is 5.45. The summed E-state index contributed by atoms with van der Waals surface area (Å²) in [4.78, 5) is 8.98. The van der Waals surface area contributed by atoms with Crippen molar-refractivity contribution in [3.63, 3.8) is 0 Å². The fourth-order valence-electron chi connectivity index (χ4n) is 3.51. The fraction of sp³-hybridized carbons (Fsp3) is 0.500. The van der Waals surface area contributed by atoms with Crippen LogP contribution < -0.4 is 17.7 Å². The van der Waals surface area contributed by atoms with Gasteiger partial charge in [-0.3, -0.25) is 4.68 Å². The Morgan fingerprint density at radius 1 is 1.33 bits per heavy atom. The van der Waals surface area contributed by atoms with Crippen molar-refractivity contribution in [2.24, 2.45) is 0 Å².